The number of nitrogens with zero attached hydrogens (tertiary/aromatic N) is 3. The number of Topliss-reactive ketones (excluding diaryl/α,β-unsaturated/α-hetero) is 1. The van der Waals surface area contributed by atoms with E-state index in [1.165, 1.54) is 48.9 Å². The quantitative estimate of drug-likeness (QED) is 0.637. The lowest BCUT2D eigenvalue weighted by Gasteiger charge is -2.35. The van der Waals surface area contributed by atoms with Crippen LogP contribution in [0.5, 0.6) is 0 Å². The Morgan fingerprint density at radius 1 is 1.00 bits per heavy atom. The molecule has 1 saturated carbocycles. The summed E-state index contributed by atoms with van der Waals surface area (Å²) in [6, 6.07) is 9.55. The van der Waals surface area contributed by atoms with Crippen molar-refractivity contribution >= 4 is 5.78 Å². The number of likely N-dealkylation sites (tertiary alicyclic amines) is 1. The van der Waals surface area contributed by atoms with E-state index in [0.29, 0.717) is 30.7 Å². The summed E-state index contributed by atoms with van der Waals surface area (Å²) in [5, 5.41) is 0. The summed E-state index contributed by atoms with van der Waals surface area (Å²) in [6.45, 7) is 8.82. The molecule has 2 heterocycles. The van der Waals surface area contributed by atoms with Crippen molar-refractivity contribution < 1.29 is 4.79 Å². The van der Waals surface area contributed by atoms with E-state index in [1.54, 1.807) is 0 Å². The van der Waals surface area contributed by atoms with E-state index in [9.17, 15) is 4.79 Å². The zero-order valence-corrected chi connectivity index (χ0v) is 19.7. The predicted octanol–water partition coefficient (Wildman–Crippen LogP) is 4.41. The van der Waals surface area contributed by atoms with Crippen LogP contribution >= 0.6 is 0 Å². The molecule has 2 aliphatic heterocycles. The largest absolute Gasteiger partial charge is 0.371 e. The van der Waals surface area contributed by atoms with Crippen LogP contribution in [0.25, 0.3) is 0 Å². The fourth-order valence-electron chi connectivity index (χ4n) is 6.45. The van der Waals surface area contributed by atoms with Crippen LogP contribution in [0.3, 0.4) is 0 Å². The third kappa shape index (κ3) is 4.87. The molecule has 32 heavy (non-hydrogen) atoms. The maximum absolute atomic E-state index is 12.9. The third-order valence-electron chi connectivity index (χ3n) is 8.23. The molecular formula is C28H39N3O. The van der Waals surface area contributed by atoms with E-state index in [1.807, 2.05) is 0 Å². The monoisotopic (exact) mass is 433 g/mol. The second kappa shape index (κ2) is 9.93. The highest BCUT2D eigenvalue weighted by Gasteiger charge is 2.45. The van der Waals surface area contributed by atoms with Crippen molar-refractivity contribution in [3.05, 3.63) is 59.3 Å². The van der Waals surface area contributed by atoms with Crippen LogP contribution in [-0.2, 0) is 11.3 Å². The Hall–Kier alpha value is -1.91. The summed E-state index contributed by atoms with van der Waals surface area (Å²) >= 11 is 0. The lowest BCUT2D eigenvalue weighted by atomic mass is 9.77. The van der Waals surface area contributed by atoms with Crippen molar-refractivity contribution in [3.63, 3.8) is 0 Å². The highest BCUT2D eigenvalue weighted by Crippen LogP contribution is 2.48. The summed E-state index contributed by atoms with van der Waals surface area (Å²) in [7, 11) is 0. The van der Waals surface area contributed by atoms with Crippen molar-refractivity contribution in [2.75, 3.05) is 39.3 Å². The first-order valence-corrected chi connectivity index (χ1v) is 12.8. The van der Waals surface area contributed by atoms with Gasteiger partial charge in [0.15, 0.2) is 0 Å². The Balaban J connectivity index is 1.08. The van der Waals surface area contributed by atoms with Crippen LogP contribution in [0, 0.1) is 18.8 Å². The van der Waals surface area contributed by atoms with Gasteiger partial charge in [0, 0.05) is 63.3 Å². The summed E-state index contributed by atoms with van der Waals surface area (Å²) in [6.07, 6.45) is 14.2. The number of fused-ring (bicyclic) bond motifs is 3. The van der Waals surface area contributed by atoms with Gasteiger partial charge in [-0.05, 0) is 43.7 Å². The fraction of sp³-hybridized carbons (Fsp3) is 0.607. The van der Waals surface area contributed by atoms with Gasteiger partial charge in [-0.1, -0.05) is 54.8 Å². The Bertz CT molecular complexity index is 850. The molecule has 4 heteroatoms. The second-order valence-corrected chi connectivity index (χ2v) is 10.4. The molecule has 2 saturated heterocycles. The summed E-state index contributed by atoms with van der Waals surface area (Å²) < 4.78 is 0. The molecular weight excluding hydrogens is 394 g/mol. The molecule has 1 aromatic carbocycles. The molecule has 0 N–H and O–H groups in total. The molecule has 0 aromatic heterocycles. The predicted molar refractivity (Wildman–Crippen MR) is 130 cm³/mol. The normalized spacial score (nSPS) is 28.3. The van der Waals surface area contributed by atoms with Gasteiger partial charge in [0.25, 0.3) is 0 Å². The summed E-state index contributed by atoms with van der Waals surface area (Å²) in [4.78, 5) is 20.4. The lowest BCUT2D eigenvalue weighted by Crippen LogP contribution is -2.47. The molecule has 0 bridgehead atoms. The zero-order valence-electron chi connectivity index (χ0n) is 19.7. The number of hydrogen-bond donors (Lipinski definition) is 0. The molecule has 1 unspecified atom stereocenters. The molecule has 4 nitrogen and oxygen atoms in total. The van der Waals surface area contributed by atoms with Gasteiger partial charge in [-0.3, -0.25) is 14.6 Å². The first kappa shape index (κ1) is 21.9. The van der Waals surface area contributed by atoms with Crippen molar-refractivity contribution in [3.8, 4) is 0 Å². The van der Waals surface area contributed by atoms with E-state index in [4.69, 9.17) is 0 Å². The van der Waals surface area contributed by atoms with Crippen LogP contribution < -0.4 is 0 Å². The summed E-state index contributed by atoms with van der Waals surface area (Å²) in [5.74, 6) is 1.94. The van der Waals surface area contributed by atoms with Crippen LogP contribution in [0.1, 0.15) is 49.7 Å². The van der Waals surface area contributed by atoms with Crippen molar-refractivity contribution in [2.24, 2.45) is 11.8 Å². The smallest absolute Gasteiger partial charge is 0.148 e. The number of benzene rings is 1. The van der Waals surface area contributed by atoms with Gasteiger partial charge in [0.2, 0.25) is 0 Å². The van der Waals surface area contributed by atoms with Crippen molar-refractivity contribution in [1.82, 2.24) is 14.7 Å². The van der Waals surface area contributed by atoms with E-state index >= 15 is 0 Å². The number of hydrogen-bond acceptors (Lipinski definition) is 4. The Kier molecular flexibility index (Phi) is 6.80. The van der Waals surface area contributed by atoms with Crippen LogP contribution in [0.4, 0.5) is 0 Å². The zero-order chi connectivity index (χ0) is 21.9. The maximum atomic E-state index is 12.9. The molecule has 1 aromatic rings. The number of carbonyl (C=O) groups is 1. The van der Waals surface area contributed by atoms with Gasteiger partial charge in [-0.2, -0.15) is 0 Å². The van der Waals surface area contributed by atoms with Crippen LogP contribution in [0.15, 0.2) is 48.2 Å². The molecule has 4 aliphatic rings. The average Bonchev–Trinajstić information content (AvgIpc) is 3.14. The number of aryl methyl sites for hydroxylation is 1. The third-order valence-corrected chi connectivity index (χ3v) is 8.23. The van der Waals surface area contributed by atoms with Gasteiger partial charge in [-0.25, -0.2) is 0 Å². The highest BCUT2D eigenvalue weighted by atomic mass is 16.1. The highest BCUT2D eigenvalue weighted by molar-refractivity contribution is 5.80. The first-order chi connectivity index (χ1) is 15.7. The SMILES string of the molecule is Cc1ccc(CN2CCN(CC(=O)CCN3C4=CC=CC[C@H]4[C@H]4CCCCC43)CC2)cc1. The number of piperazine rings is 1. The van der Waals surface area contributed by atoms with Crippen LogP contribution in [-0.4, -0.2) is 65.8 Å². The Labute approximate surface area is 193 Å². The van der Waals surface area contributed by atoms with E-state index in [-0.39, 0.29) is 0 Å². The molecule has 2 aliphatic carbocycles. The molecule has 3 fully saturated rings. The molecule has 0 amide bonds. The van der Waals surface area contributed by atoms with Gasteiger partial charge < -0.3 is 4.90 Å². The van der Waals surface area contributed by atoms with Crippen LogP contribution in [0.2, 0.25) is 0 Å². The standard InChI is InChI=1S/C28H39N3O/c1-22-10-12-23(13-11-22)20-29-16-18-30(19-17-29)21-24(32)14-15-31-27-8-4-2-6-25(27)26-7-3-5-9-28(26)31/h2,4,8,10-13,25-26,28H,3,5-7,9,14-21H2,1H3/t25-,26+,28?/m0/s1. The minimum absolute atomic E-state index is 0.416. The van der Waals surface area contributed by atoms with Crippen molar-refractivity contribution in [1.29, 1.82) is 0 Å². The molecule has 0 spiro atoms. The van der Waals surface area contributed by atoms with Gasteiger partial charge in [0.1, 0.15) is 5.78 Å². The molecule has 3 atom stereocenters. The molecule has 5 rings (SSSR count). The lowest BCUT2D eigenvalue weighted by molar-refractivity contribution is -0.121. The minimum Gasteiger partial charge on any atom is -0.371 e. The summed E-state index contributed by atoms with van der Waals surface area (Å²) in [5.41, 5.74) is 4.23. The van der Waals surface area contributed by atoms with Gasteiger partial charge in [0.05, 0.1) is 6.54 Å². The Morgan fingerprint density at radius 3 is 2.56 bits per heavy atom. The molecule has 172 valence electrons. The molecule has 0 radical (unpaired) electrons. The van der Waals surface area contributed by atoms with E-state index in [2.05, 4.69) is 64.1 Å². The topological polar surface area (TPSA) is 26.8 Å². The number of ketones is 1. The minimum atomic E-state index is 0.416. The second-order valence-electron chi connectivity index (χ2n) is 10.4. The maximum Gasteiger partial charge on any atom is 0.148 e. The van der Waals surface area contributed by atoms with Crippen molar-refractivity contribution in [2.45, 2.75) is 58.0 Å². The average molecular weight is 434 g/mol. The van der Waals surface area contributed by atoms with E-state index < -0.39 is 0 Å². The Morgan fingerprint density at radius 2 is 1.75 bits per heavy atom. The van der Waals surface area contributed by atoms with Gasteiger partial charge >= 0.3 is 0 Å². The number of rotatable bonds is 7. The van der Waals surface area contributed by atoms with E-state index in [0.717, 1.165) is 45.2 Å². The van der Waals surface area contributed by atoms with Gasteiger partial charge in [-0.15, -0.1) is 0 Å². The first-order valence-electron chi connectivity index (χ1n) is 12.8. The fourth-order valence-corrected chi connectivity index (χ4v) is 6.45. The number of carbonyl (C=O) groups excluding carboxylic acids is 1. The number of allylic oxidation sites excluding steroid dienone is 4.